The van der Waals surface area contributed by atoms with Crippen molar-refractivity contribution in [3.63, 3.8) is 0 Å². The maximum atomic E-state index is 11.5. The molecule has 1 amide bonds. The molecule has 7 nitrogen and oxygen atoms in total. The molecular weight excluding hydrogens is 198 g/mol. The Labute approximate surface area is 84.9 Å². The Hall–Kier alpha value is -2.18. The minimum Gasteiger partial charge on any atom is -0.294 e. The smallest absolute Gasteiger partial charge is 0.294 e. The molecule has 0 spiro atoms. The Morgan fingerprint density at radius 3 is 2.60 bits per heavy atom. The molecule has 0 bridgehead atoms. The molecule has 0 unspecified atom stereocenters. The summed E-state index contributed by atoms with van der Waals surface area (Å²) in [6.07, 6.45) is 3.69. The molecule has 1 aliphatic heterocycles. The fraction of sp³-hybridized carbons (Fsp3) is 0.250. The van der Waals surface area contributed by atoms with Crippen LogP contribution in [0.4, 0.5) is 0 Å². The van der Waals surface area contributed by atoms with E-state index in [-0.39, 0.29) is 5.82 Å². The Balaban J connectivity index is 2.15. The molecule has 15 heavy (non-hydrogen) atoms. The van der Waals surface area contributed by atoms with E-state index < -0.39 is 11.7 Å². The van der Waals surface area contributed by atoms with Crippen molar-refractivity contribution in [3.8, 4) is 0 Å². The van der Waals surface area contributed by atoms with Crippen LogP contribution < -0.4 is 0 Å². The molecule has 1 aromatic heterocycles. The summed E-state index contributed by atoms with van der Waals surface area (Å²) in [6, 6.07) is 0. The third kappa shape index (κ3) is 1.85. The van der Waals surface area contributed by atoms with Gasteiger partial charge in [0.25, 0.3) is 5.78 Å². The van der Waals surface area contributed by atoms with Crippen LogP contribution in [0, 0.1) is 0 Å². The van der Waals surface area contributed by atoms with Crippen LogP contribution >= 0.6 is 0 Å². The molecule has 1 aliphatic rings. The van der Waals surface area contributed by atoms with Crippen LogP contribution in [0.3, 0.4) is 0 Å². The van der Waals surface area contributed by atoms with Crippen molar-refractivity contribution in [2.75, 3.05) is 13.1 Å². The molecule has 2 heterocycles. The molecular formula is C8H7N5O2. The van der Waals surface area contributed by atoms with E-state index >= 15 is 0 Å². The number of nitrogens with zero attached hydrogens (tertiary/aromatic N) is 5. The summed E-state index contributed by atoms with van der Waals surface area (Å²) in [5.74, 6) is -1.55. The van der Waals surface area contributed by atoms with Gasteiger partial charge in [-0.25, -0.2) is 15.0 Å². The van der Waals surface area contributed by atoms with Crippen LogP contribution in [-0.4, -0.2) is 51.0 Å². The minimum atomic E-state index is -0.745. The number of Topliss-reactive ketones (excluding diaryl/α,β-unsaturated/α-hetero) is 1. The first-order valence-electron chi connectivity index (χ1n) is 4.26. The summed E-state index contributed by atoms with van der Waals surface area (Å²) >= 11 is 0. The van der Waals surface area contributed by atoms with E-state index in [9.17, 15) is 9.59 Å². The number of rotatable bonds is 2. The number of carbonyl (C=O) groups is 2. The van der Waals surface area contributed by atoms with Gasteiger partial charge in [0.05, 0.1) is 12.9 Å². The van der Waals surface area contributed by atoms with Gasteiger partial charge in [0.15, 0.2) is 0 Å². The third-order valence-electron chi connectivity index (χ3n) is 1.84. The molecule has 7 heteroatoms. The normalized spacial score (nSPS) is 14.3. The summed E-state index contributed by atoms with van der Waals surface area (Å²) in [5, 5.41) is 0. The lowest BCUT2D eigenvalue weighted by molar-refractivity contribution is -0.122. The van der Waals surface area contributed by atoms with Gasteiger partial charge in [-0.15, -0.1) is 0 Å². The minimum absolute atomic E-state index is 0.143. The number of ketones is 1. The first kappa shape index (κ1) is 9.38. The van der Waals surface area contributed by atoms with E-state index in [1.165, 1.54) is 23.9 Å². The predicted octanol–water partition coefficient (Wildman–Crippen LogP) is -1.08. The van der Waals surface area contributed by atoms with Crippen molar-refractivity contribution in [2.24, 2.45) is 4.99 Å². The topological polar surface area (TPSA) is 88.4 Å². The van der Waals surface area contributed by atoms with E-state index in [2.05, 4.69) is 19.9 Å². The standard InChI is InChI=1S/C8H7N5O2/c14-6(7-11-3-10-4-12-7)8(15)13-2-1-9-5-13/h3-5H,1-2H2. The molecule has 0 radical (unpaired) electrons. The molecule has 0 aliphatic carbocycles. The van der Waals surface area contributed by atoms with Gasteiger partial charge in [-0.2, -0.15) is 0 Å². The maximum Gasteiger partial charge on any atom is 0.303 e. The Kier molecular flexibility index (Phi) is 2.44. The highest BCUT2D eigenvalue weighted by molar-refractivity contribution is 6.43. The van der Waals surface area contributed by atoms with Crippen molar-refractivity contribution in [3.05, 3.63) is 18.5 Å². The van der Waals surface area contributed by atoms with Crippen LogP contribution in [0.1, 0.15) is 10.6 Å². The van der Waals surface area contributed by atoms with E-state index in [4.69, 9.17) is 0 Å². The molecule has 0 saturated heterocycles. The summed E-state index contributed by atoms with van der Waals surface area (Å²) < 4.78 is 0. The second-order valence-electron chi connectivity index (χ2n) is 2.81. The van der Waals surface area contributed by atoms with Gasteiger partial charge in [-0.3, -0.25) is 19.5 Å². The molecule has 0 fully saturated rings. The van der Waals surface area contributed by atoms with Gasteiger partial charge in [-0.05, 0) is 0 Å². The molecule has 0 atom stereocenters. The monoisotopic (exact) mass is 205 g/mol. The highest BCUT2D eigenvalue weighted by atomic mass is 16.2. The zero-order valence-corrected chi connectivity index (χ0v) is 7.70. The number of amides is 1. The number of aromatic nitrogens is 3. The quantitative estimate of drug-likeness (QED) is 0.453. The van der Waals surface area contributed by atoms with Crippen molar-refractivity contribution in [1.29, 1.82) is 0 Å². The summed E-state index contributed by atoms with van der Waals surface area (Å²) in [4.78, 5) is 38.9. The molecule has 0 aromatic carbocycles. The van der Waals surface area contributed by atoms with E-state index in [0.717, 1.165) is 0 Å². The number of hydrogen-bond donors (Lipinski definition) is 0. The van der Waals surface area contributed by atoms with Crippen LogP contribution in [0.25, 0.3) is 0 Å². The van der Waals surface area contributed by atoms with Crippen molar-refractivity contribution in [1.82, 2.24) is 19.9 Å². The van der Waals surface area contributed by atoms with Gasteiger partial charge in [0, 0.05) is 6.54 Å². The zero-order chi connectivity index (χ0) is 10.7. The Bertz CT molecular complexity index is 416. The zero-order valence-electron chi connectivity index (χ0n) is 7.70. The van der Waals surface area contributed by atoms with Crippen LogP contribution in [0.15, 0.2) is 17.6 Å². The molecule has 76 valence electrons. The molecule has 0 N–H and O–H groups in total. The maximum absolute atomic E-state index is 11.5. The van der Waals surface area contributed by atoms with Crippen LogP contribution in [0.5, 0.6) is 0 Å². The number of carbonyl (C=O) groups excluding carboxylic acids is 2. The lowest BCUT2D eigenvalue weighted by Gasteiger charge is -2.08. The molecule has 2 rings (SSSR count). The summed E-state index contributed by atoms with van der Waals surface area (Å²) in [6.45, 7) is 0.950. The van der Waals surface area contributed by atoms with Gasteiger partial charge >= 0.3 is 5.91 Å². The van der Waals surface area contributed by atoms with Crippen molar-refractivity contribution in [2.45, 2.75) is 0 Å². The lowest BCUT2D eigenvalue weighted by Crippen LogP contribution is -2.35. The second-order valence-corrected chi connectivity index (χ2v) is 2.81. The summed E-state index contributed by atoms with van der Waals surface area (Å²) in [5.41, 5.74) is 0. The third-order valence-corrected chi connectivity index (χ3v) is 1.84. The first-order valence-corrected chi connectivity index (χ1v) is 4.26. The van der Waals surface area contributed by atoms with Gasteiger partial charge in [0.1, 0.15) is 12.7 Å². The van der Waals surface area contributed by atoms with Crippen LogP contribution in [-0.2, 0) is 4.79 Å². The fourth-order valence-electron chi connectivity index (χ4n) is 1.12. The van der Waals surface area contributed by atoms with E-state index in [0.29, 0.717) is 13.1 Å². The Morgan fingerprint density at radius 1 is 1.27 bits per heavy atom. The van der Waals surface area contributed by atoms with Crippen molar-refractivity contribution < 1.29 is 9.59 Å². The van der Waals surface area contributed by atoms with Gasteiger partial charge in [0.2, 0.25) is 5.82 Å². The van der Waals surface area contributed by atoms with Gasteiger partial charge < -0.3 is 0 Å². The average Bonchev–Trinajstić information content (AvgIpc) is 2.82. The highest BCUT2D eigenvalue weighted by Gasteiger charge is 2.25. The first-order chi connectivity index (χ1) is 7.29. The summed E-state index contributed by atoms with van der Waals surface area (Å²) in [7, 11) is 0. The number of hydrogen-bond acceptors (Lipinski definition) is 6. The largest absolute Gasteiger partial charge is 0.303 e. The predicted molar refractivity (Wildman–Crippen MR) is 49.2 cm³/mol. The number of aliphatic imine (C=N–C) groups is 1. The SMILES string of the molecule is O=C(C(=O)N1C=NCC1)c1ncncn1. The molecule has 0 saturated carbocycles. The second kappa shape index (κ2) is 3.91. The fourth-order valence-corrected chi connectivity index (χ4v) is 1.12. The Morgan fingerprint density at radius 2 is 2.00 bits per heavy atom. The van der Waals surface area contributed by atoms with Crippen molar-refractivity contribution >= 4 is 18.0 Å². The van der Waals surface area contributed by atoms with E-state index in [1.54, 1.807) is 0 Å². The van der Waals surface area contributed by atoms with Gasteiger partial charge in [-0.1, -0.05) is 0 Å². The lowest BCUT2D eigenvalue weighted by atomic mass is 10.3. The van der Waals surface area contributed by atoms with E-state index in [1.807, 2.05) is 0 Å². The van der Waals surface area contributed by atoms with Crippen LogP contribution in [0.2, 0.25) is 0 Å². The molecule has 1 aromatic rings. The highest BCUT2D eigenvalue weighted by Crippen LogP contribution is 1.98. The average molecular weight is 205 g/mol.